The minimum absolute atomic E-state index is 0. The molecule has 13 heavy (non-hydrogen) atoms. The third-order valence-corrected chi connectivity index (χ3v) is 1.52. The summed E-state index contributed by atoms with van der Waals surface area (Å²) in [4.78, 5) is 4.07. The molecule has 0 saturated heterocycles. The van der Waals surface area contributed by atoms with Gasteiger partial charge in [0.15, 0.2) is 0 Å². The van der Waals surface area contributed by atoms with Gasteiger partial charge >= 0.3 is 0 Å². The number of hydrogen-bond donors (Lipinski definition) is 0. The van der Waals surface area contributed by atoms with Crippen LogP contribution in [0.2, 0.25) is 0 Å². The zero-order chi connectivity index (χ0) is 8.10. The molecule has 0 N–H and O–H groups in total. The molecule has 1 rings (SSSR count). The molecule has 69 valence electrons. The van der Waals surface area contributed by atoms with E-state index >= 15 is 0 Å². The van der Waals surface area contributed by atoms with Crippen molar-refractivity contribution >= 4 is 23.0 Å². The Kier molecular flexibility index (Phi) is 10.9. The van der Waals surface area contributed by atoms with Crippen LogP contribution in [0, 0.1) is 6.92 Å². The van der Waals surface area contributed by atoms with Gasteiger partial charge in [0.1, 0.15) is 0 Å². The standard InChI is InChI=1S/C9H9NS.V.W/c1-8-5-3-4-6-9(8)10-7-11-2;;/h3-6H,1H2,2H3;;/q-2;;. The van der Waals surface area contributed by atoms with Gasteiger partial charge in [-0.2, -0.15) is 11.6 Å². The van der Waals surface area contributed by atoms with Crippen molar-refractivity contribution in [2.45, 2.75) is 0 Å². The smallest absolute Gasteiger partial charge is 0 e. The van der Waals surface area contributed by atoms with Crippen LogP contribution >= 0.6 is 11.8 Å². The number of aliphatic imine (C=N–C) groups is 1. The maximum Gasteiger partial charge on any atom is 0 e. The van der Waals surface area contributed by atoms with E-state index in [1.165, 1.54) is 11.8 Å². The fourth-order valence-corrected chi connectivity index (χ4v) is 0.904. The maximum atomic E-state index is 4.07. The first-order chi connectivity index (χ1) is 5.34. The minimum atomic E-state index is 0. The summed E-state index contributed by atoms with van der Waals surface area (Å²) < 4.78 is 0. The summed E-state index contributed by atoms with van der Waals surface area (Å²) in [5.74, 6) is 0. The Morgan fingerprint density at radius 3 is 2.54 bits per heavy atom. The number of benzene rings is 1. The summed E-state index contributed by atoms with van der Waals surface area (Å²) in [6.45, 7) is 3.83. The van der Waals surface area contributed by atoms with Gasteiger partial charge < -0.3 is 4.99 Å². The third-order valence-electron chi connectivity index (χ3n) is 1.25. The summed E-state index contributed by atoms with van der Waals surface area (Å²) >= 11 is 1.46. The number of hydrogen-bond acceptors (Lipinski definition) is 2. The predicted molar refractivity (Wildman–Crippen MR) is 51.5 cm³/mol. The molecule has 0 aliphatic rings. The SMILES string of the molecule is [CH2-]c1ccccc1N=[C-]SC.[V].[W]. The van der Waals surface area contributed by atoms with E-state index in [-0.39, 0.29) is 39.6 Å². The minimum Gasteiger partial charge on any atom is -0.446 e. The summed E-state index contributed by atoms with van der Waals surface area (Å²) in [5, 5.41) is 0. The molecule has 0 amide bonds. The molecule has 0 unspecified atom stereocenters. The molecule has 0 aromatic heterocycles. The molecule has 1 aromatic carbocycles. The van der Waals surface area contributed by atoms with E-state index in [0.29, 0.717) is 0 Å². The zero-order valence-electron chi connectivity index (χ0n) is 7.23. The van der Waals surface area contributed by atoms with Crippen molar-refractivity contribution in [3.8, 4) is 0 Å². The van der Waals surface area contributed by atoms with Gasteiger partial charge in [0.2, 0.25) is 0 Å². The summed E-state index contributed by atoms with van der Waals surface area (Å²) in [7, 11) is 0. The second-order valence-electron chi connectivity index (χ2n) is 2.04. The largest absolute Gasteiger partial charge is 0.446 e. The van der Waals surface area contributed by atoms with Gasteiger partial charge in [0, 0.05) is 39.6 Å². The van der Waals surface area contributed by atoms with Crippen LogP contribution in [0.4, 0.5) is 5.69 Å². The summed E-state index contributed by atoms with van der Waals surface area (Å²) in [6, 6.07) is 7.74. The molecular weight excluding hydrogens is 389 g/mol. The quantitative estimate of drug-likeness (QED) is 0.424. The topological polar surface area (TPSA) is 12.4 Å². The average molecular weight is 398 g/mol. The zero-order valence-corrected chi connectivity index (χ0v) is 12.4. The maximum absolute atomic E-state index is 4.07. The molecule has 0 fully saturated rings. The van der Waals surface area contributed by atoms with Gasteiger partial charge in [-0.3, -0.25) is 0 Å². The second kappa shape index (κ2) is 8.96. The van der Waals surface area contributed by atoms with Crippen LogP contribution in [0.15, 0.2) is 29.3 Å². The van der Waals surface area contributed by atoms with Crippen LogP contribution in [0.1, 0.15) is 5.56 Å². The molecule has 1 radical (unpaired) electrons. The van der Waals surface area contributed by atoms with Crippen molar-refractivity contribution in [2.75, 3.05) is 6.26 Å². The summed E-state index contributed by atoms with van der Waals surface area (Å²) in [5.41, 5.74) is 4.64. The molecule has 0 aliphatic heterocycles. The fraction of sp³-hybridized carbons (Fsp3) is 0.111. The number of thioether (sulfide) groups is 1. The van der Waals surface area contributed by atoms with Crippen molar-refractivity contribution in [3.63, 3.8) is 0 Å². The number of nitrogens with zero attached hydrogens (tertiary/aromatic N) is 1. The van der Waals surface area contributed by atoms with Crippen molar-refractivity contribution in [1.29, 1.82) is 0 Å². The van der Waals surface area contributed by atoms with E-state index in [2.05, 4.69) is 17.5 Å². The van der Waals surface area contributed by atoms with Crippen molar-refractivity contribution in [3.05, 3.63) is 36.8 Å². The van der Waals surface area contributed by atoms with E-state index in [9.17, 15) is 0 Å². The van der Waals surface area contributed by atoms with Crippen LogP contribution in [0.3, 0.4) is 0 Å². The Labute approximate surface area is 110 Å². The average Bonchev–Trinajstić information content (AvgIpc) is 2.03. The van der Waals surface area contributed by atoms with E-state index in [0.717, 1.165) is 11.3 Å². The Balaban J connectivity index is 0. The first kappa shape index (κ1) is 15.8. The molecule has 0 heterocycles. The molecule has 0 aliphatic carbocycles. The number of para-hydroxylation sites is 1. The van der Waals surface area contributed by atoms with Crippen LogP contribution in [0.25, 0.3) is 0 Å². The van der Waals surface area contributed by atoms with Gasteiger partial charge in [0.25, 0.3) is 0 Å². The van der Waals surface area contributed by atoms with Crippen LogP contribution in [-0.4, -0.2) is 11.8 Å². The van der Waals surface area contributed by atoms with Gasteiger partial charge in [-0.15, -0.1) is 23.4 Å². The Hall–Kier alpha value is 0.383. The fourth-order valence-electron chi connectivity index (χ4n) is 0.715. The second-order valence-corrected chi connectivity index (χ2v) is 2.63. The Morgan fingerprint density at radius 2 is 2.00 bits per heavy atom. The first-order valence-corrected chi connectivity index (χ1v) is 4.47. The molecule has 1 nitrogen and oxygen atoms in total. The molecule has 4 heteroatoms. The van der Waals surface area contributed by atoms with Crippen LogP contribution in [-0.2, 0) is 39.6 Å². The molecule has 1 aromatic rings. The Bertz CT molecular complexity index is 266. The molecular formula is C9H9NSVW-2. The normalized spacial score (nSPS) is 9.00. The summed E-state index contributed by atoms with van der Waals surface area (Å²) in [6.07, 6.45) is 1.93. The third kappa shape index (κ3) is 5.64. The van der Waals surface area contributed by atoms with Gasteiger partial charge in [-0.05, 0) is 6.26 Å². The molecule has 0 bridgehead atoms. The van der Waals surface area contributed by atoms with Crippen LogP contribution in [0.5, 0.6) is 0 Å². The predicted octanol–water partition coefficient (Wildman–Crippen LogP) is 2.76. The van der Waals surface area contributed by atoms with Gasteiger partial charge in [-0.1, -0.05) is 6.07 Å². The van der Waals surface area contributed by atoms with Crippen molar-refractivity contribution in [1.82, 2.24) is 0 Å². The molecule has 0 atom stereocenters. The van der Waals surface area contributed by atoms with Crippen molar-refractivity contribution in [2.24, 2.45) is 4.99 Å². The van der Waals surface area contributed by atoms with E-state index in [1.54, 1.807) is 0 Å². The molecule has 0 spiro atoms. The molecule has 0 saturated carbocycles. The van der Waals surface area contributed by atoms with E-state index in [4.69, 9.17) is 0 Å². The van der Waals surface area contributed by atoms with Gasteiger partial charge in [-0.25, -0.2) is 18.7 Å². The first-order valence-electron chi connectivity index (χ1n) is 3.24. The van der Waals surface area contributed by atoms with Gasteiger partial charge in [0.05, 0.1) is 0 Å². The van der Waals surface area contributed by atoms with E-state index < -0.39 is 0 Å². The van der Waals surface area contributed by atoms with Crippen molar-refractivity contribution < 1.29 is 39.6 Å². The van der Waals surface area contributed by atoms with E-state index in [1.807, 2.05) is 30.5 Å². The van der Waals surface area contributed by atoms with Crippen LogP contribution < -0.4 is 0 Å². The Morgan fingerprint density at radius 1 is 1.38 bits per heavy atom. The monoisotopic (exact) mass is 398 g/mol. The number of rotatable bonds is 2.